The molecule has 0 amide bonds. The molecule has 0 N–H and O–H groups in total. The standard InChI is InChI=1S/C15H24O/c1-11(2)12-5-7-15(4)10-13(16)6-8-14(15,3)9-12/h6,8,11-12H,5,7,9-10H2,1-4H3/t12-,14-,15-/m1/s1. The summed E-state index contributed by atoms with van der Waals surface area (Å²) in [5, 5.41) is 0. The highest BCUT2D eigenvalue weighted by atomic mass is 16.1. The molecule has 90 valence electrons. The fraction of sp³-hybridized carbons (Fsp3) is 0.800. The first-order valence-electron chi connectivity index (χ1n) is 6.58. The molecule has 3 atom stereocenters. The topological polar surface area (TPSA) is 17.1 Å². The minimum Gasteiger partial charge on any atom is -0.295 e. The second-order valence-electron chi connectivity index (χ2n) is 6.70. The summed E-state index contributed by atoms with van der Waals surface area (Å²) in [7, 11) is 0. The maximum atomic E-state index is 11.6. The molecule has 1 heteroatoms. The van der Waals surface area contributed by atoms with E-state index in [1.165, 1.54) is 19.3 Å². The highest BCUT2D eigenvalue weighted by molar-refractivity contribution is 5.91. The van der Waals surface area contributed by atoms with Crippen LogP contribution >= 0.6 is 0 Å². The Morgan fingerprint density at radius 2 is 2.06 bits per heavy atom. The van der Waals surface area contributed by atoms with E-state index in [2.05, 4.69) is 33.8 Å². The molecule has 0 aromatic rings. The molecule has 0 aromatic carbocycles. The van der Waals surface area contributed by atoms with Gasteiger partial charge in [-0.25, -0.2) is 0 Å². The third-order valence-corrected chi connectivity index (χ3v) is 5.28. The first kappa shape index (κ1) is 11.9. The number of fused-ring (bicyclic) bond motifs is 1. The molecule has 2 rings (SSSR count). The number of rotatable bonds is 1. The van der Waals surface area contributed by atoms with Crippen LogP contribution in [-0.2, 0) is 4.79 Å². The van der Waals surface area contributed by atoms with Gasteiger partial charge >= 0.3 is 0 Å². The zero-order valence-corrected chi connectivity index (χ0v) is 11.0. The predicted octanol–water partition coefficient (Wildman–Crippen LogP) is 3.98. The lowest BCUT2D eigenvalue weighted by Crippen LogP contribution is -2.46. The van der Waals surface area contributed by atoms with Crippen LogP contribution in [0.5, 0.6) is 0 Å². The van der Waals surface area contributed by atoms with Gasteiger partial charge in [0.05, 0.1) is 0 Å². The molecule has 2 aliphatic rings. The third-order valence-electron chi connectivity index (χ3n) is 5.28. The Labute approximate surface area is 99.3 Å². The molecule has 1 saturated carbocycles. The fourth-order valence-electron chi connectivity index (χ4n) is 3.53. The Hall–Kier alpha value is -0.590. The summed E-state index contributed by atoms with van der Waals surface area (Å²) in [4.78, 5) is 11.6. The molecule has 1 fully saturated rings. The van der Waals surface area contributed by atoms with Crippen molar-refractivity contribution in [3.05, 3.63) is 12.2 Å². The van der Waals surface area contributed by atoms with Crippen LogP contribution in [0.2, 0.25) is 0 Å². The van der Waals surface area contributed by atoms with Crippen LogP contribution in [0.1, 0.15) is 53.4 Å². The van der Waals surface area contributed by atoms with Gasteiger partial charge in [0, 0.05) is 6.42 Å². The van der Waals surface area contributed by atoms with Gasteiger partial charge in [-0.1, -0.05) is 33.8 Å². The highest BCUT2D eigenvalue weighted by Gasteiger charge is 2.49. The van der Waals surface area contributed by atoms with Gasteiger partial charge in [0.2, 0.25) is 0 Å². The minimum absolute atomic E-state index is 0.213. The average Bonchev–Trinajstić information content (AvgIpc) is 2.18. The van der Waals surface area contributed by atoms with Crippen molar-refractivity contribution in [3.8, 4) is 0 Å². The van der Waals surface area contributed by atoms with Crippen molar-refractivity contribution in [1.29, 1.82) is 0 Å². The van der Waals surface area contributed by atoms with Gasteiger partial charge in [-0.2, -0.15) is 0 Å². The van der Waals surface area contributed by atoms with E-state index in [-0.39, 0.29) is 10.8 Å². The molecule has 0 bridgehead atoms. The Morgan fingerprint density at radius 3 is 2.69 bits per heavy atom. The largest absolute Gasteiger partial charge is 0.295 e. The van der Waals surface area contributed by atoms with Crippen LogP contribution < -0.4 is 0 Å². The highest BCUT2D eigenvalue weighted by Crippen LogP contribution is 2.57. The van der Waals surface area contributed by atoms with Crippen LogP contribution in [0.15, 0.2) is 12.2 Å². The Kier molecular flexibility index (Phi) is 2.76. The molecule has 0 aliphatic heterocycles. The number of hydrogen-bond donors (Lipinski definition) is 0. The van der Waals surface area contributed by atoms with Crippen LogP contribution in [0.4, 0.5) is 0 Å². The molecule has 0 spiro atoms. The molecule has 0 heterocycles. The summed E-state index contributed by atoms with van der Waals surface area (Å²) in [5.41, 5.74) is 0.457. The quantitative estimate of drug-likeness (QED) is 0.653. The Morgan fingerprint density at radius 1 is 1.38 bits per heavy atom. The van der Waals surface area contributed by atoms with Crippen molar-refractivity contribution < 1.29 is 4.79 Å². The summed E-state index contributed by atoms with van der Waals surface area (Å²) >= 11 is 0. The van der Waals surface area contributed by atoms with E-state index in [0.29, 0.717) is 5.78 Å². The smallest absolute Gasteiger partial charge is 0.155 e. The van der Waals surface area contributed by atoms with Gasteiger partial charge in [-0.15, -0.1) is 0 Å². The Bertz CT molecular complexity index is 328. The average molecular weight is 220 g/mol. The molecule has 0 unspecified atom stereocenters. The van der Waals surface area contributed by atoms with Crippen molar-refractivity contribution in [2.45, 2.75) is 53.4 Å². The molecule has 16 heavy (non-hydrogen) atoms. The van der Waals surface area contributed by atoms with Gasteiger partial charge < -0.3 is 0 Å². The first-order valence-corrected chi connectivity index (χ1v) is 6.58. The summed E-state index contributed by atoms with van der Waals surface area (Å²) in [5.74, 6) is 1.92. The van der Waals surface area contributed by atoms with Gasteiger partial charge in [0.15, 0.2) is 5.78 Å². The number of carbonyl (C=O) groups is 1. The second-order valence-corrected chi connectivity index (χ2v) is 6.70. The van der Waals surface area contributed by atoms with E-state index in [1.54, 1.807) is 0 Å². The third kappa shape index (κ3) is 1.74. The van der Waals surface area contributed by atoms with Crippen molar-refractivity contribution >= 4 is 5.78 Å². The number of carbonyl (C=O) groups excluding carboxylic acids is 1. The maximum Gasteiger partial charge on any atom is 0.155 e. The SMILES string of the molecule is CC(C)[C@@H]1CC[C@]2(C)CC(=O)C=C[C@]2(C)C1. The molecule has 0 radical (unpaired) electrons. The lowest BCUT2D eigenvalue weighted by molar-refractivity contribution is -0.121. The second kappa shape index (κ2) is 3.72. The molecular weight excluding hydrogens is 196 g/mol. The number of hydrogen-bond acceptors (Lipinski definition) is 1. The van der Waals surface area contributed by atoms with Gasteiger partial charge in [-0.05, 0) is 48.0 Å². The zero-order chi connectivity index (χ0) is 12.0. The summed E-state index contributed by atoms with van der Waals surface area (Å²) < 4.78 is 0. The molecular formula is C15H24O. The first-order chi connectivity index (χ1) is 7.36. The fourth-order valence-corrected chi connectivity index (χ4v) is 3.53. The van der Waals surface area contributed by atoms with Gasteiger partial charge in [0.25, 0.3) is 0 Å². The van der Waals surface area contributed by atoms with Crippen molar-refractivity contribution in [2.24, 2.45) is 22.7 Å². The molecule has 1 nitrogen and oxygen atoms in total. The molecule has 2 aliphatic carbocycles. The van der Waals surface area contributed by atoms with Crippen molar-refractivity contribution in [2.75, 3.05) is 0 Å². The normalized spacial score (nSPS) is 43.6. The van der Waals surface area contributed by atoms with Crippen molar-refractivity contribution in [3.63, 3.8) is 0 Å². The van der Waals surface area contributed by atoms with Crippen molar-refractivity contribution in [1.82, 2.24) is 0 Å². The van der Waals surface area contributed by atoms with E-state index in [1.807, 2.05) is 6.08 Å². The minimum atomic E-state index is 0.213. The monoisotopic (exact) mass is 220 g/mol. The maximum absolute atomic E-state index is 11.6. The summed E-state index contributed by atoms with van der Waals surface area (Å²) in [6.07, 6.45) is 8.54. The van der Waals surface area contributed by atoms with E-state index in [9.17, 15) is 4.79 Å². The van der Waals surface area contributed by atoms with Crippen LogP contribution in [0.3, 0.4) is 0 Å². The number of ketones is 1. The lowest BCUT2D eigenvalue weighted by Gasteiger charge is -2.53. The molecule has 0 saturated heterocycles. The zero-order valence-electron chi connectivity index (χ0n) is 11.0. The van der Waals surface area contributed by atoms with Crippen LogP contribution in [-0.4, -0.2) is 5.78 Å². The predicted molar refractivity (Wildman–Crippen MR) is 67.2 cm³/mol. The molecule has 0 aromatic heterocycles. The number of allylic oxidation sites excluding steroid dienone is 2. The van der Waals surface area contributed by atoms with Gasteiger partial charge in [-0.3, -0.25) is 4.79 Å². The van der Waals surface area contributed by atoms with Gasteiger partial charge in [0.1, 0.15) is 0 Å². The van der Waals surface area contributed by atoms with Crippen LogP contribution in [0, 0.1) is 22.7 Å². The summed E-state index contributed by atoms with van der Waals surface area (Å²) in [6.45, 7) is 9.32. The van der Waals surface area contributed by atoms with E-state index >= 15 is 0 Å². The Balaban J connectivity index is 2.27. The van der Waals surface area contributed by atoms with E-state index in [0.717, 1.165) is 18.3 Å². The van der Waals surface area contributed by atoms with E-state index < -0.39 is 0 Å². The lowest BCUT2D eigenvalue weighted by atomic mass is 9.51. The summed E-state index contributed by atoms with van der Waals surface area (Å²) in [6, 6.07) is 0. The van der Waals surface area contributed by atoms with Crippen LogP contribution in [0.25, 0.3) is 0 Å². The van der Waals surface area contributed by atoms with E-state index in [4.69, 9.17) is 0 Å².